The van der Waals surface area contributed by atoms with Gasteiger partial charge in [0, 0.05) is 23.5 Å². The standard InChI is InChI=1S/C13H22N2S/c1-4-16-12-7-5-11(6-8-12)13(14)9-15-10(2)3/h5-8,10,13,15H,4,9,14H2,1-3H3. The minimum absolute atomic E-state index is 0.0862. The van der Waals surface area contributed by atoms with Crippen LogP contribution in [0.15, 0.2) is 29.2 Å². The molecule has 0 aromatic heterocycles. The second kappa shape index (κ2) is 6.94. The largest absolute Gasteiger partial charge is 0.323 e. The van der Waals surface area contributed by atoms with Crippen LogP contribution in [0.3, 0.4) is 0 Å². The van der Waals surface area contributed by atoms with Crippen molar-refractivity contribution < 1.29 is 0 Å². The van der Waals surface area contributed by atoms with E-state index < -0.39 is 0 Å². The van der Waals surface area contributed by atoms with E-state index in [-0.39, 0.29) is 6.04 Å². The maximum Gasteiger partial charge on any atom is 0.0421 e. The van der Waals surface area contributed by atoms with Gasteiger partial charge in [0.05, 0.1) is 0 Å². The highest BCUT2D eigenvalue weighted by atomic mass is 32.2. The van der Waals surface area contributed by atoms with Gasteiger partial charge in [-0.3, -0.25) is 0 Å². The quantitative estimate of drug-likeness (QED) is 0.748. The Morgan fingerprint density at radius 1 is 1.25 bits per heavy atom. The summed E-state index contributed by atoms with van der Waals surface area (Å²) in [4.78, 5) is 1.32. The average molecular weight is 238 g/mol. The lowest BCUT2D eigenvalue weighted by Crippen LogP contribution is -2.31. The molecule has 0 heterocycles. The minimum Gasteiger partial charge on any atom is -0.323 e. The fraction of sp³-hybridized carbons (Fsp3) is 0.538. The second-order valence-electron chi connectivity index (χ2n) is 4.17. The van der Waals surface area contributed by atoms with E-state index in [9.17, 15) is 0 Å². The monoisotopic (exact) mass is 238 g/mol. The number of hydrogen-bond donors (Lipinski definition) is 2. The molecule has 1 atom stereocenters. The maximum atomic E-state index is 6.10. The van der Waals surface area contributed by atoms with Crippen LogP contribution in [0.4, 0.5) is 0 Å². The third-order valence-corrected chi connectivity index (χ3v) is 3.26. The molecular weight excluding hydrogens is 216 g/mol. The van der Waals surface area contributed by atoms with Gasteiger partial charge in [0.15, 0.2) is 0 Å². The molecule has 0 fully saturated rings. The Kier molecular flexibility index (Phi) is 5.88. The zero-order chi connectivity index (χ0) is 12.0. The van der Waals surface area contributed by atoms with E-state index in [0.717, 1.165) is 12.3 Å². The third kappa shape index (κ3) is 4.56. The van der Waals surface area contributed by atoms with Gasteiger partial charge in [0.25, 0.3) is 0 Å². The second-order valence-corrected chi connectivity index (χ2v) is 5.51. The first-order chi connectivity index (χ1) is 7.63. The van der Waals surface area contributed by atoms with Crippen molar-refractivity contribution in [2.75, 3.05) is 12.3 Å². The molecule has 1 aromatic carbocycles. The van der Waals surface area contributed by atoms with Crippen LogP contribution in [0.5, 0.6) is 0 Å². The molecule has 0 bridgehead atoms. The first kappa shape index (κ1) is 13.6. The Balaban J connectivity index is 2.52. The fourth-order valence-corrected chi connectivity index (χ4v) is 2.12. The van der Waals surface area contributed by atoms with E-state index >= 15 is 0 Å². The Bertz CT molecular complexity index is 295. The number of nitrogens with one attached hydrogen (secondary N) is 1. The summed E-state index contributed by atoms with van der Waals surface area (Å²) < 4.78 is 0. The van der Waals surface area contributed by atoms with Gasteiger partial charge in [-0.1, -0.05) is 32.9 Å². The Morgan fingerprint density at radius 3 is 2.38 bits per heavy atom. The smallest absolute Gasteiger partial charge is 0.0421 e. The predicted molar refractivity (Wildman–Crippen MR) is 72.9 cm³/mol. The van der Waals surface area contributed by atoms with Gasteiger partial charge in [0.1, 0.15) is 0 Å². The summed E-state index contributed by atoms with van der Waals surface area (Å²) in [6, 6.07) is 9.14. The molecule has 1 unspecified atom stereocenters. The molecule has 3 heteroatoms. The number of thioether (sulfide) groups is 1. The molecule has 0 aliphatic heterocycles. The van der Waals surface area contributed by atoms with E-state index in [2.05, 4.69) is 50.4 Å². The van der Waals surface area contributed by atoms with Crippen LogP contribution in [-0.4, -0.2) is 18.3 Å². The molecule has 0 aliphatic rings. The molecule has 3 N–H and O–H groups in total. The van der Waals surface area contributed by atoms with E-state index in [1.54, 1.807) is 0 Å². The highest BCUT2D eigenvalue weighted by molar-refractivity contribution is 7.99. The molecular formula is C13H22N2S. The SMILES string of the molecule is CCSc1ccc(C(N)CNC(C)C)cc1. The van der Waals surface area contributed by atoms with Crippen molar-refractivity contribution in [3.05, 3.63) is 29.8 Å². The summed E-state index contributed by atoms with van der Waals surface area (Å²) in [5.74, 6) is 1.11. The molecule has 0 radical (unpaired) electrons. The summed E-state index contributed by atoms with van der Waals surface area (Å²) in [6.07, 6.45) is 0. The van der Waals surface area contributed by atoms with E-state index in [1.807, 2.05) is 11.8 Å². The van der Waals surface area contributed by atoms with E-state index in [1.165, 1.54) is 10.5 Å². The number of hydrogen-bond acceptors (Lipinski definition) is 3. The molecule has 1 aromatic rings. The normalized spacial score (nSPS) is 13.1. The topological polar surface area (TPSA) is 38.0 Å². The lowest BCUT2D eigenvalue weighted by Gasteiger charge is -2.15. The molecule has 0 amide bonds. The van der Waals surface area contributed by atoms with Gasteiger partial charge in [-0.25, -0.2) is 0 Å². The highest BCUT2D eigenvalue weighted by Crippen LogP contribution is 2.19. The molecule has 16 heavy (non-hydrogen) atoms. The van der Waals surface area contributed by atoms with Gasteiger partial charge >= 0.3 is 0 Å². The molecule has 0 spiro atoms. The van der Waals surface area contributed by atoms with Crippen molar-refractivity contribution in [3.8, 4) is 0 Å². The molecule has 0 aliphatic carbocycles. The van der Waals surface area contributed by atoms with Gasteiger partial charge in [-0.2, -0.15) is 0 Å². The van der Waals surface area contributed by atoms with Crippen molar-refractivity contribution in [3.63, 3.8) is 0 Å². The van der Waals surface area contributed by atoms with Crippen LogP contribution in [0.1, 0.15) is 32.4 Å². The summed E-state index contributed by atoms with van der Waals surface area (Å²) in [6.45, 7) is 7.26. The number of benzene rings is 1. The van der Waals surface area contributed by atoms with Crippen LogP contribution in [0.25, 0.3) is 0 Å². The summed E-state index contributed by atoms with van der Waals surface area (Å²) in [7, 11) is 0. The van der Waals surface area contributed by atoms with Crippen molar-refractivity contribution in [1.29, 1.82) is 0 Å². The van der Waals surface area contributed by atoms with Crippen LogP contribution in [-0.2, 0) is 0 Å². The third-order valence-electron chi connectivity index (χ3n) is 2.37. The van der Waals surface area contributed by atoms with Gasteiger partial charge in [-0.15, -0.1) is 11.8 Å². The summed E-state index contributed by atoms with van der Waals surface area (Å²) in [5.41, 5.74) is 7.30. The first-order valence-corrected chi connectivity index (χ1v) is 6.83. The van der Waals surface area contributed by atoms with E-state index in [4.69, 9.17) is 5.73 Å². The van der Waals surface area contributed by atoms with Crippen LogP contribution in [0, 0.1) is 0 Å². The fourth-order valence-electron chi connectivity index (χ4n) is 1.46. The lowest BCUT2D eigenvalue weighted by atomic mass is 10.1. The number of nitrogens with two attached hydrogens (primary N) is 1. The summed E-state index contributed by atoms with van der Waals surface area (Å²) in [5, 5.41) is 3.35. The van der Waals surface area contributed by atoms with Crippen molar-refractivity contribution in [1.82, 2.24) is 5.32 Å². The minimum atomic E-state index is 0.0862. The maximum absolute atomic E-state index is 6.10. The average Bonchev–Trinajstić information content (AvgIpc) is 2.27. The van der Waals surface area contributed by atoms with E-state index in [0.29, 0.717) is 6.04 Å². The number of rotatable bonds is 6. The van der Waals surface area contributed by atoms with Crippen molar-refractivity contribution in [2.24, 2.45) is 5.73 Å². The molecule has 90 valence electrons. The van der Waals surface area contributed by atoms with Gasteiger partial charge in [-0.05, 0) is 23.4 Å². The highest BCUT2D eigenvalue weighted by Gasteiger charge is 2.06. The zero-order valence-electron chi connectivity index (χ0n) is 10.4. The Hall–Kier alpha value is -0.510. The molecule has 0 saturated carbocycles. The Labute approximate surface area is 103 Å². The lowest BCUT2D eigenvalue weighted by molar-refractivity contribution is 0.537. The van der Waals surface area contributed by atoms with Crippen LogP contribution in [0.2, 0.25) is 0 Å². The Morgan fingerprint density at radius 2 is 1.88 bits per heavy atom. The van der Waals surface area contributed by atoms with Crippen LogP contribution >= 0.6 is 11.8 Å². The van der Waals surface area contributed by atoms with Gasteiger partial charge < -0.3 is 11.1 Å². The molecule has 1 rings (SSSR count). The molecule has 2 nitrogen and oxygen atoms in total. The van der Waals surface area contributed by atoms with Crippen molar-refractivity contribution in [2.45, 2.75) is 37.8 Å². The van der Waals surface area contributed by atoms with Gasteiger partial charge in [0.2, 0.25) is 0 Å². The first-order valence-electron chi connectivity index (χ1n) is 5.85. The van der Waals surface area contributed by atoms with Crippen molar-refractivity contribution >= 4 is 11.8 Å². The predicted octanol–water partition coefficient (Wildman–Crippen LogP) is 2.80. The zero-order valence-corrected chi connectivity index (χ0v) is 11.2. The van der Waals surface area contributed by atoms with Crippen LogP contribution < -0.4 is 11.1 Å². The molecule has 0 saturated heterocycles. The summed E-state index contributed by atoms with van der Waals surface area (Å²) >= 11 is 1.86.